The van der Waals surface area contributed by atoms with Gasteiger partial charge in [-0.3, -0.25) is 0 Å². The summed E-state index contributed by atoms with van der Waals surface area (Å²) in [6.45, 7) is 7.28. The van der Waals surface area contributed by atoms with Crippen LogP contribution in [0.2, 0.25) is 0 Å². The summed E-state index contributed by atoms with van der Waals surface area (Å²) < 4.78 is 16.4. The van der Waals surface area contributed by atoms with Gasteiger partial charge in [-0.15, -0.1) is 0 Å². The molecule has 0 saturated heterocycles. The van der Waals surface area contributed by atoms with Crippen molar-refractivity contribution < 1.29 is 14.2 Å². The SMILES string of the molecule is CC(C)CC(C)OCC(N)c1ccc2c(c1)OCO2. The molecule has 2 N–H and O–H groups in total. The van der Waals surface area contributed by atoms with Gasteiger partial charge in [0.25, 0.3) is 0 Å². The average Bonchev–Trinajstić information content (AvgIpc) is 2.82. The molecule has 0 aromatic heterocycles. The predicted molar refractivity (Wildman–Crippen MR) is 74.4 cm³/mol. The molecule has 0 aliphatic carbocycles. The second-order valence-corrected chi connectivity index (χ2v) is 5.49. The molecule has 0 radical (unpaired) electrons. The fourth-order valence-electron chi connectivity index (χ4n) is 2.24. The Bertz CT molecular complexity index is 420. The number of fused-ring (bicyclic) bond motifs is 1. The summed E-state index contributed by atoms with van der Waals surface area (Å²) >= 11 is 0. The second-order valence-electron chi connectivity index (χ2n) is 5.49. The molecule has 0 saturated carbocycles. The largest absolute Gasteiger partial charge is 0.454 e. The monoisotopic (exact) mass is 265 g/mol. The molecule has 2 atom stereocenters. The molecule has 0 bridgehead atoms. The Balaban J connectivity index is 1.87. The van der Waals surface area contributed by atoms with E-state index < -0.39 is 0 Å². The van der Waals surface area contributed by atoms with E-state index in [1.54, 1.807) is 0 Å². The molecule has 0 amide bonds. The van der Waals surface area contributed by atoms with Gasteiger partial charge in [-0.05, 0) is 37.0 Å². The van der Waals surface area contributed by atoms with E-state index in [2.05, 4.69) is 20.8 Å². The number of nitrogens with two attached hydrogens (primary N) is 1. The van der Waals surface area contributed by atoms with Crippen LogP contribution in [0.3, 0.4) is 0 Å². The van der Waals surface area contributed by atoms with Crippen molar-refractivity contribution in [3.8, 4) is 11.5 Å². The zero-order chi connectivity index (χ0) is 13.8. The van der Waals surface area contributed by atoms with Gasteiger partial charge in [-0.2, -0.15) is 0 Å². The van der Waals surface area contributed by atoms with Crippen LogP contribution < -0.4 is 15.2 Å². The molecular formula is C15H23NO3. The highest BCUT2D eigenvalue weighted by Crippen LogP contribution is 2.33. The first kappa shape index (κ1) is 14.2. The van der Waals surface area contributed by atoms with Crippen molar-refractivity contribution in [1.29, 1.82) is 0 Å². The van der Waals surface area contributed by atoms with Crippen LogP contribution >= 0.6 is 0 Å². The first-order valence-electron chi connectivity index (χ1n) is 6.83. The van der Waals surface area contributed by atoms with Crippen LogP contribution in [-0.4, -0.2) is 19.5 Å². The van der Waals surface area contributed by atoms with Crippen LogP contribution in [-0.2, 0) is 4.74 Å². The zero-order valence-electron chi connectivity index (χ0n) is 11.9. The van der Waals surface area contributed by atoms with Crippen molar-refractivity contribution in [3.63, 3.8) is 0 Å². The van der Waals surface area contributed by atoms with Crippen LogP contribution in [0.4, 0.5) is 0 Å². The Morgan fingerprint density at radius 3 is 2.68 bits per heavy atom. The van der Waals surface area contributed by atoms with Gasteiger partial charge in [0.1, 0.15) is 0 Å². The molecule has 106 valence electrons. The first-order valence-corrected chi connectivity index (χ1v) is 6.83. The maximum absolute atomic E-state index is 6.15. The van der Waals surface area contributed by atoms with Crippen molar-refractivity contribution >= 4 is 0 Å². The van der Waals surface area contributed by atoms with Crippen molar-refractivity contribution in [3.05, 3.63) is 23.8 Å². The van der Waals surface area contributed by atoms with Gasteiger partial charge in [-0.25, -0.2) is 0 Å². The zero-order valence-corrected chi connectivity index (χ0v) is 11.9. The molecule has 2 unspecified atom stereocenters. The fourth-order valence-corrected chi connectivity index (χ4v) is 2.24. The minimum Gasteiger partial charge on any atom is -0.454 e. The summed E-state index contributed by atoms with van der Waals surface area (Å²) in [5.41, 5.74) is 7.16. The number of hydrogen-bond donors (Lipinski definition) is 1. The second kappa shape index (κ2) is 6.26. The fraction of sp³-hybridized carbons (Fsp3) is 0.600. The molecule has 19 heavy (non-hydrogen) atoms. The standard InChI is InChI=1S/C15H23NO3/c1-10(2)6-11(3)17-8-13(16)12-4-5-14-15(7-12)19-9-18-14/h4-5,7,10-11,13H,6,8-9,16H2,1-3H3. The number of hydrogen-bond acceptors (Lipinski definition) is 4. The van der Waals surface area contributed by atoms with Gasteiger partial charge in [0.15, 0.2) is 11.5 Å². The highest BCUT2D eigenvalue weighted by Gasteiger charge is 2.16. The minimum atomic E-state index is -0.135. The van der Waals surface area contributed by atoms with Crippen LogP contribution in [0.1, 0.15) is 38.8 Å². The van der Waals surface area contributed by atoms with Gasteiger partial charge < -0.3 is 19.9 Å². The van der Waals surface area contributed by atoms with E-state index in [0.29, 0.717) is 12.5 Å². The summed E-state index contributed by atoms with van der Waals surface area (Å²) in [7, 11) is 0. The molecule has 2 rings (SSSR count). The number of ether oxygens (including phenoxy) is 3. The van der Waals surface area contributed by atoms with Crippen molar-refractivity contribution in [1.82, 2.24) is 0 Å². The normalized spacial score (nSPS) is 16.7. The molecule has 0 spiro atoms. The van der Waals surface area contributed by atoms with Crippen molar-refractivity contribution in [2.24, 2.45) is 11.7 Å². The van der Waals surface area contributed by atoms with Crippen LogP contribution in [0.15, 0.2) is 18.2 Å². The van der Waals surface area contributed by atoms with Crippen LogP contribution in [0.25, 0.3) is 0 Å². The third kappa shape index (κ3) is 3.85. The molecule has 0 fully saturated rings. The van der Waals surface area contributed by atoms with Gasteiger partial charge in [-0.1, -0.05) is 19.9 Å². The maximum atomic E-state index is 6.15. The Kier molecular flexibility index (Phi) is 4.66. The summed E-state index contributed by atoms with van der Waals surface area (Å²) in [4.78, 5) is 0. The highest BCUT2D eigenvalue weighted by atomic mass is 16.7. The quantitative estimate of drug-likeness (QED) is 0.859. The van der Waals surface area contributed by atoms with Crippen LogP contribution in [0.5, 0.6) is 11.5 Å². The van der Waals surface area contributed by atoms with Crippen molar-refractivity contribution in [2.75, 3.05) is 13.4 Å². The predicted octanol–water partition coefficient (Wildman–Crippen LogP) is 2.87. The highest BCUT2D eigenvalue weighted by molar-refractivity contribution is 5.45. The summed E-state index contributed by atoms with van der Waals surface area (Å²) in [5.74, 6) is 2.19. The molecule has 1 aliphatic rings. The lowest BCUT2D eigenvalue weighted by molar-refractivity contribution is 0.0430. The number of benzene rings is 1. The molecule has 4 heteroatoms. The van der Waals surface area contributed by atoms with E-state index in [-0.39, 0.29) is 18.9 Å². The molecular weight excluding hydrogens is 242 g/mol. The minimum absolute atomic E-state index is 0.135. The van der Waals surface area contributed by atoms with E-state index in [1.807, 2.05) is 18.2 Å². The Morgan fingerprint density at radius 1 is 1.21 bits per heavy atom. The maximum Gasteiger partial charge on any atom is 0.231 e. The van der Waals surface area contributed by atoms with Crippen molar-refractivity contribution in [2.45, 2.75) is 39.3 Å². The van der Waals surface area contributed by atoms with E-state index in [0.717, 1.165) is 23.5 Å². The molecule has 1 heterocycles. The Morgan fingerprint density at radius 2 is 1.95 bits per heavy atom. The van der Waals surface area contributed by atoms with Crippen LogP contribution in [0, 0.1) is 5.92 Å². The topological polar surface area (TPSA) is 53.7 Å². The molecule has 1 aromatic rings. The van der Waals surface area contributed by atoms with E-state index >= 15 is 0 Å². The van der Waals surface area contributed by atoms with Gasteiger partial charge in [0.05, 0.1) is 18.8 Å². The average molecular weight is 265 g/mol. The first-order chi connectivity index (χ1) is 9.06. The van der Waals surface area contributed by atoms with Gasteiger partial charge in [0, 0.05) is 0 Å². The third-order valence-electron chi connectivity index (χ3n) is 3.19. The summed E-state index contributed by atoms with van der Waals surface area (Å²) in [6.07, 6.45) is 1.29. The lowest BCUT2D eigenvalue weighted by Crippen LogP contribution is -2.21. The van der Waals surface area contributed by atoms with Gasteiger partial charge >= 0.3 is 0 Å². The molecule has 1 aliphatic heterocycles. The van der Waals surface area contributed by atoms with E-state index in [4.69, 9.17) is 19.9 Å². The summed E-state index contributed by atoms with van der Waals surface area (Å²) in [6, 6.07) is 5.66. The molecule has 4 nitrogen and oxygen atoms in total. The lowest BCUT2D eigenvalue weighted by Gasteiger charge is -2.19. The molecule has 1 aromatic carbocycles. The van der Waals surface area contributed by atoms with Gasteiger partial charge in [0.2, 0.25) is 6.79 Å². The lowest BCUT2D eigenvalue weighted by atomic mass is 10.1. The Labute approximate surface area is 114 Å². The Hall–Kier alpha value is -1.26. The third-order valence-corrected chi connectivity index (χ3v) is 3.19. The van der Waals surface area contributed by atoms with E-state index in [9.17, 15) is 0 Å². The smallest absolute Gasteiger partial charge is 0.231 e. The number of rotatable bonds is 6. The van der Waals surface area contributed by atoms with E-state index in [1.165, 1.54) is 0 Å². The summed E-state index contributed by atoms with van der Waals surface area (Å²) in [5, 5.41) is 0.